The lowest BCUT2D eigenvalue weighted by molar-refractivity contribution is -0.135. The average molecular weight is 520 g/mol. The molecule has 0 radical (unpaired) electrons. The van der Waals surface area contributed by atoms with Gasteiger partial charge in [0.1, 0.15) is 11.2 Å². The Morgan fingerprint density at radius 2 is 2.03 bits per heavy atom. The van der Waals surface area contributed by atoms with E-state index in [4.69, 9.17) is 15.8 Å². The number of aromatic nitrogens is 3. The third-order valence-electron chi connectivity index (χ3n) is 8.57. The van der Waals surface area contributed by atoms with Crippen LogP contribution in [0.25, 0.3) is 11.1 Å². The largest absolute Gasteiger partial charge is 0.393 e. The first-order valence-corrected chi connectivity index (χ1v) is 14.1. The molecule has 2 aromatic rings. The van der Waals surface area contributed by atoms with Gasteiger partial charge in [-0.3, -0.25) is 9.48 Å². The van der Waals surface area contributed by atoms with Crippen LogP contribution in [0.3, 0.4) is 0 Å². The lowest BCUT2D eigenvalue weighted by Gasteiger charge is -2.33. The molecule has 3 aliphatic heterocycles. The molecular formula is C28H39N8O2+. The normalized spacial score (nSPS) is 25.2. The van der Waals surface area contributed by atoms with E-state index in [0.29, 0.717) is 5.82 Å². The van der Waals surface area contributed by atoms with Crippen LogP contribution in [0.4, 0.5) is 5.82 Å². The number of hydrogen-bond donors (Lipinski definition) is 3. The van der Waals surface area contributed by atoms with Crippen molar-refractivity contribution >= 4 is 11.7 Å². The zero-order valence-electron chi connectivity index (χ0n) is 22.6. The second-order valence-corrected chi connectivity index (χ2v) is 11.5. The van der Waals surface area contributed by atoms with Crippen LogP contribution in [0, 0.1) is 5.92 Å². The summed E-state index contributed by atoms with van der Waals surface area (Å²) in [5.41, 5.74) is 9.60. The van der Waals surface area contributed by atoms with Gasteiger partial charge < -0.3 is 21.1 Å². The summed E-state index contributed by atoms with van der Waals surface area (Å²) in [4.78, 5) is 24.2. The van der Waals surface area contributed by atoms with Crippen molar-refractivity contribution in [3.05, 3.63) is 40.7 Å². The van der Waals surface area contributed by atoms with Crippen molar-refractivity contribution in [2.24, 2.45) is 10.9 Å². The van der Waals surface area contributed by atoms with Crippen LogP contribution in [-0.4, -0.2) is 68.5 Å². The van der Waals surface area contributed by atoms with Crippen LogP contribution in [0.5, 0.6) is 0 Å². The fourth-order valence-electron chi connectivity index (χ4n) is 6.34. The van der Waals surface area contributed by atoms with Gasteiger partial charge in [-0.05, 0) is 38.5 Å². The lowest BCUT2D eigenvalue weighted by Crippen LogP contribution is -2.41. The molecule has 6 rings (SSSR count). The maximum Gasteiger partial charge on any atom is 0.270 e. The highest BCUT2D eigenvalue weighted by Crippen LogP contribution is 2.28. The number of hydrogen-bond acceptors (Lipinski definition) is 7. The first kappa shape index (κ1) is 25.0. The summed E-state index contributed by atoms with van der Waals surface area (Å²) in [7, 11) is 0. The van der Waals surface area contributed by atoms with Crippen LogP contribution >= 0.6 is 0 Å². The molecule has 1 aliphatic carbocycles. The molecule has 1 unspecified atom stereocenters. The van der Waals surface area contributed by atoms with Crippen molar-refractivity contribution in [3.63, 3.8) is 0 Å². The summed E-state index contributed by atoms with van der Waals surface area (Å²) in [6, 6.07) is 0.754. The van der Waals surface area contributed by atoms with E-state index in [-0.39, 0.29) is 36.1 Å². The summed E-state index contributed by atoms with van der Waals surface area (Å²) in [6.45, 7) is 8.52. The monoisotopic (exact) mass is 519 g/mol. The van der Waals surface area contributed by atoms with Crippen LogP contribution in [0.1, 0.15) is 65.3 Å². The molecule has 3 atom stereocenters. The number of carbonyl (C=O) groups is 1. The molecule has 1 amide bonds. The Bertz CT molecular complexity index is 1400. The molecule has 202 valence electrons. The summed E-state index contributed by atoms with van der Waals surface area (Å²) in [5, 5.41) is 20.2. The van der Waals surface area contributed by atoms with Crippen LogP contribution in [0.15, 0.2) is 35.0 Å². The minimum Gasteiger partial charge on any atom is -0.393 e. The van der Waals surface area contributed by atoms with E-state index < -0.39 is 0 Å². The molecule has 38 heavy (non-hydrogen) atoms. The van der Waals surface area contributed by atoms with Crippen LogP contribution in [-0.2, 0) is 4.79 Å². The number of amides is 1. The average Bonchev–Trinajstić information content (AvgIpc) is 3.33. The highest BCUT2D eigenvalue weighted by Gasteiger charge is 2.47. The Balaban J connectivity index is 1.33. The Morgan fingerprint density at radius 3 is 2.71 bits per heavy atom. The quantitative estimate of drug-likeness (QED) is 0.386. The second-order valence-electron chi connectivity index (χ2n) is 11.5. The van der Waals surface area contributed by atoms with Gasteiger partial charge in [0.2, 0.25) is 18.5 Å². The predicted molar refractivity (Wildman–Crippen MR) is 144 cm³/mol. The van der Waals surface area contributed by atoms with Crippen LogP contribution < -0.4 is 26.3 Å². The fourth-order valence-corrected chi connectivity index (χ4v) is 6.34. The SMILES string of the molecule is CCC1=C(N[C@@H]2CC[C@H](O)C2)N=c2c(-c3cnn(C4CCN(C(=O)C(C)C)CC4)c3)cnc(N)c2=[N+]2CC12. The van der Waals surface area contributed by atoms with Crippen molar-refractivity contribution < 1.29 is 9.90 Å². The molecule has 4 aliphatic rings. The number of carbonyl (C=O) groups excluding carboxylic acids is 1. The fraction of sp³-hybridized carbons (Fsp3) is 0.607. The smallest absolute Gasteiger partial charge is 0.270 e. The first-order valence-electron chi connectivity index (χ1n) is 14.1. The first-order chi connectivity index (χ1) is 18.3. The summed E-state index contributed by atoms with van der Waals surface area (Å²) < 4.78 is 4.34. The number of rotatable bonds is 6. The van der Waals surface area contributed by atoms with Crippen molar-refractivity contribution in [1.82, 2.24) is 29.6 Å². The Hall–Kier alpha value is -3.27. The van der Waals surface area contributed by atoms with Gasteiger partial charge >= 0.3 is 0 Å². The number of aliphatic hydroxyl groups is 1. The number of nitrogens with zero attached hydrogens (tertiary/aromatic N) is 6. The Labute approximate surface area is 223 Å². The number of nitrogens with one attached hydrogen (secondary N) is 1. The number of nitrogen functional groups attached to an aromatic ring is 1. The van der Waals surface area contributed by atoms with Gasteiger partial charge in [0, 0.05) is 54.1 Å². The molecule has 0 spiro atoms. The molecule has 5 heterocycles. The van der Waals surface area contributed by atoms with E-state index in [2.05, 4.69) is 28.0 Å². The highest BCUT2D eigenvalue weighted by molar-refractivity contribution is 5.78. The van der Waals surface area contributed by atoms with Crippen molar-refractivity contribution in [2.75, 3.05) is 25.4 Å². The number of aliphatic hydroxyl groups excluding tert-OH is 1. The predicted octanol–water partition coefficient (Wildman–Crippen LogP) is 0.978. The third-order valence-corrected chi connectivity index (χ3v) is 8.57. The van der Waals surface area contributed by atoms with Crippen molar-refractivity contribution in [2.45, 2.75) is 83.5 Å². The van der Waals surface area contributed by atoms with E-state index in [1.165, 1.54) is 5.57 Å². The molecule has 3 fully saturated rings. The summed E-state index contributed by atoms with van der Waals surface area (Å²) in [6.07, 6.45) is 10.7. The minimum atomic E-state index is -0.245. The van der Waals surface area contributed by atoms with Crippen LogP contribution in [0.2, 0.25) is 0 Å². The standard InChI is InChI=1S/C28H39N8O2/c1-4-21-23-15-35(23)25-24(33-27(21)32-18-5-6-20(37)11-18)22(13-30-26(25)29)17-12-31-36(14-17)19-7-9-34(10-8-19)28(38)16(2)3/h12-14,16,18-20,23,32,37H,4-11,15H2,1-3H3,(H2,29,30)/q+1/t18-,20+,23?/m1/s1. The minimum absolute atomic E-state index is 0.0297. The van der Waals surface area contributed by atoms with Gasteiger partial charge in [0.15, 0.2) is 5.82 Å². The molecular weight excluding hydrogens is 480 g/mol. The van der Waals surface area contributed by atoms with E-state index in [9.17, 15) is 9.90 Å². The molecule has 1 saturated carbocycles. The molecule has 4 N–H and O–H groups in total. The number of anilines is 1. The van der Waals surface area contributed by atoms with Gasteiger partial charge in [0.25, 0.3) is 5.36 Å². The molecule has 10 heteroatoms. The molecule has 2 saturated heterocycles. The van der Waals surface area contributed by atoms with Gasteiger partial charge in [-0.1, -0.05) is 20.8 Å². The number of likely N-dealkylation sites (tertiary alicyclic amines) is 1. The molecule has 0 bridgehead atoms. The molecule has 0 aromatic carbocycles. The van der Waals surface area contributed by atoms with E-state index >= 15 is 0 Å². The number of pyridine rings is 1. The topological polar surface area (TPSA) is 125 Å². The van der Waals surface area contributed by atoms with Gasteiger partial charge in [-0.15, -0.1) is 0 Å². The molecule has 10 nitrogen and oxygen atoms in total. The second kappa shape index (κ2) is 9.80. The maximum atomic E-state index is 12.4. The Kier molecular flexibility index (Phi) is 6.45. The van der Waals surface area contributed by atoms with Gasteiger partial charge in [-0.2, -0.15) is 5.10 Å². The Morgan fingerprint density at radius 1 is 1.24 bits per heavy atom. The maximum absolute atomic E-state index is 12.4. The van der Waals surface area contributed by atoms with E-state index in [1.54, 1.807) is 0 Å². The van der Waals surface area contributed by atoms with E-state index in [0.717, 1.165) is 85.8 Å². The lowest BCUT2D eigenvalue weighted by atomic mass is 10.0. The van der Waals surface area contributed by atoms with Crippen molar-refractivity contribution in [3.8, 4) is 11.1 Å². The van der Waals surface area contributed by atoms with Crippen molar-refractivity contribution in [1.29, 1.82) is 0 Å². The summed E-state index contributed by atoms with van der Waals surface area (Å²) in [5.74, 6) is 1.67. The number of piperidine rings is 1. The molecule has 2 aromatic heterocycles. The van der Waals surface area contributed by atoms with E-state index in [1.807, 2.05) is 35.8 Å². The van der Waals surface area contributed by atoms with Gasteiger partial charge in [-0.25, -0.2) is 14.6 Å². The third kappa shape index (κ3) is 4.48. The summed E-state index contributed by atoms with van der Waals surface area (Å²) >= 11 is 0. The zero-order chi connectivity index (χ0) is 26.6. The number of nitrogens with two attached hydrogens (primary N) is 1. The highest BCUT2D eigenvalue weighted by atomic mass is 16.3. The zero-order valence-corrected chi connectivity index (χ0v) is 22.6. The van der Waals surface area contributed by atoms with Gasteiger partial charge in [0.05, 0.1) is 18.3 Å². The number of fused-ring (bicyclic) bond motifs is 2.